The molecule has 3 rings (SSSR count). The van der Waals surface area contributed by atoms with Crippen LogP contribution in [-0.4, -0.2) is 50.2 Å². The Morgan fingerprint density at radius 3 is 2.69 bits per heavy atom. The van der Waals surface area contributed by atoms with E-state index in [0.29, 0.717) is 24.0 Å². The third-order valence-corrected chi connectivity index (χ3v) is 4.75. The van der Waals surface area contributed by atoms with Crippen LogP contribution < -0.4 is 5.32 Å². The van der Waals surface area contributed by atoms with Crippen molar-refractivity contribution in [2.75, 3.05) is 13.6 Å². The maximum atomic E-state index is 11.9. The predicted molar refractivity (Wildman–Crippen MR) is 103 cm³/mol. The van der Waals surface area contributed by atoms with Crippen molar-refractivity contribution in [3.63, 3.8) is 0 Å². The van der Waals surface area contributed by atoms with Gasteiger partial charge in [-0.1, -0.05) is 25.5 Å². The second-order valence-corrected chi connectivity index (χ2v) is 7.31. The van der Waals surface area contributed by atoms with E-state index in [0.717, 1.165) is 24.9 Å². The molecule has 1 N–H and O–H groups in total. The van der Waals surface area contributed by atoms with Crippen molar-refractivity contribution in [1.29, 1.82) is 0 Å². The molecule has 1 aliphatic carbocycles. The normalized spacial score (nSPS) is 14.0. The lowest BCUT2D eigenvalue weighted by Crippen LogP contribution is -2.37. The first-order valence-corrected chi connectivity index (χ1v) is 9.57. The summed E-state index contributed by atoms with van der Waals surface area (Å²) in [6.45, 7) is 2.93. The van der Waals surface area contributed by atoms with Gasteiger partial charge in [-0.25, -0.2) is 4.68 Å². The van der Waals surface area contributed by atoms with E-state index in [1.807, 2.05) is 24.1 Å². The zero-order valence-electron chi connectivity index (χ0n) is 15.4. The van der Waals surface area contributed by atoms with Gasteiger partial charge < -0.3 is 5.32 Å². The van der Waals surface area contributed by atoms with Crippen LogP contribution in [0.2, 0.25) is 0 Å². The molecule has 26 heavy (non-hydrogen) atoms. The van der Waals surface area contributed by atoms with Gasteiger partial charge in [-0.2, -0.15) is 4.68 Å². The van der Waals surface area contributed by atoms with Gasteiger partial charge in [0.1, 0.15) is 0 Å². The minimum absolute atomic E-state index is 0.0385. The highest BCUT2D eigenvalue weighted by Crippen LogP contribution is 2.18. The number of unbranched alkanes of at least 4 members (excludes halogenated alkanes) is 1. The molecule has 1 fully saturated rings. The molecular formula is C18H26N6OS. The summed E-state index contributed by atoms with van der Waals surface area (Å²) in [5.74, 6) is 0.0385. The van der Waals surface area contributed by atoms with E-state index in [1.54, 1.807) is 9.36 Å². The molecule has 1 aromatic carbocycles. The number of nitrogens with one attached hydrogen (secondary N) is 1. The van der Waals surface area contributed by atoms with Crippen molar-refractivity contribution in [3.05, 3.63) is 34.6 Å². The Morgan fingerprint density at radius 1 is 1.31 bits per heavy atom. The third-order valence-electron chi connectivity index (χ3n) is 4.37. The van der Waals surface area contributed by atoms with Crippen LogP contribution in [0.3, 0.4) is 0 Å². The molecule has 1 aromatic heterocycles. The summed E-state index contributed by atoms with van der Waals surface area (Å²) >= 11 is 5.50. The van der Waals surface area contributed by atoms with E-state index >= 15 is 0 Å². The fourth-order valence-corrected chi connectivity index (χ4v) is 2.97. The number of benzene rings is 1. The molecule has 0 spiro atoms. The highest BCUT2D eigenvalue weighted by Gasteiger charge is 2.23. The molecule has 2 aromatic rings. The molecule has 1 aliphatic rings. The fraction of sp³-hybridized carbons (Fsp3) is 0.556. The van der Waals surface area contributed by atoms with Gasteiger partial charge >= 0.3 is 0 Å². The number of carbonyl (C=O) groups excluding carboxylic acids is 1. The number of carbonyl (C=O) groups is 1. The lowest BCUT2D eigenvalue weighted by molar-refractivity contribution is -0.122. The molecule has 1 saturated carbocycles. The van der Waals surface area contributed by atoms with Crippen LogP contribution in [0.5, 0.6) is 0 Å². The average Bonchev–Trinajstić information content (AvgIpc) is 3.36. The number of nitrogens with zero attached hydrogens (tertiary/aromatic N) is 5. The minimum atomic E-state index is 0.0385. The lowest BCUT2D eigenvalue weighted by atomic mass is 10.1. The standard InChI is InChI=1S/C18H26N6OS/c1-3-4-5-14-6-10-16(11-7-14)24-18(26)23(20-21-24)13-22(2)12-17(25)19-15-8-9-15/h6-7,10-11,15H,3-5,8-9,12-13H2,1-2H3,(H,19,25). The van der Waals surface area contributed by atoms with Gasteiger partial charge in [0.2, 0.25) is 10.7 Å². The number of rotatable bonds is 9. The quantitative estimate of drug-likeness (QED) is 0.682. The smallest absolute Gasteiger partial charge is 0.234 e. The van der Waals surface area contributed by atoms with E-state index in [4.69, 9.17) is 12.2 Å². The summed E-state index contributed by atoms with van der Waals surface area (Å²) in [4.78, 5) is 13.8. The number of aryl methyl sites for hydroxylation is 1. The first kappa shape index (κ1) is 18.7. The van der Waals surface area contributed by atoms with Crippen molar-refractivity contribution in [2.24, 2.45) is 0 Å². The predicted octanol–water partition coefficient (Wildman–Crippen LogP) is 2.31. The number of tetrazole rings is 1. The van der Waals surface area contributed by atoms with Gasteiger partial charge in [0, 0.05) is 6.04 Å². The van der Waals surface area contributed by atoms with Crippen LogP contribution in [0.4, 0.5) is 0 Å². The highest BCUT2D eigenvalue weighted by atomic mass is 32.1. The summed E-state index contributed by atoms with van der Waals surface area (Å²) in [5, 5.41) is 11.3. The average molecular weight is 375 g/mol. The van der Waals surface area contributed by atoms with Gasteiger partial charge in [0.05, 0.1) is 18.9 Å². The van der Waals surface area contributed by atoms with Crippen molar-refractivity contribution < 1.29 is 4.79 Å². The van der Waals surface area contributed by atoms with Gasteiger partial charge in [-0.3, -0.25) is 9.69 Å². The molecule has 1 heterocycles. The molecule has 140 valence electrons. The Hall–Kier alpha value is -2.06. The summed E-state index contributed by atoms with van der Waals surface area (Å²) in [5.41, 5.74) is 2.21. The van der Waals surface area contributed by atoms with E-state index in [-0.39, 0.29) is 5.91 Å². The minimum Gasteiger partial charge on any atom is -0.352 e. The first-order valence-electron chi connectivity index (χ1n) is 9.17. The number of hydrogen-bond acceptors (Lipinski definition) is 5. The molecule has 0 aliphatic heterocycles. The molecule has 0 unspecified atom stereocenters. The molecule has 0 bridgehead atoms. The van der Waals surface area contributed by atoms with Crippen molar-refractivity contribution in [1.82, 2.24) is 30.0 Å². The Labute approximate surface area is 159 Å². The Morgan fingerprint density at radius 2 is 2.04 bits per heavy atom. The Kier molecular flexibility index (Phi) is 6.16. The van der Waals surface area contributed by atoms with Crippen LogP contribution >= 0.6 is 12.2 Å². The molecular weight excluding hydrogens is 348 g/mol. The fourth-order valence-electron chi connectivity index (χ4n) is 2.73. The number of amides is 1. The van der Waals surface area contributed by atoms with Crippen LogP contribution in [0.25, 0.3) is 5.69 Å². The van der Waals surface area contributed by atoms with Gasteiger partial charge in [-0.15, -0.1) is 0 Å². The topological polar surface area (TPSA) is 68.0 Å². The van der Waals surface area contributed by atoms with Gasteiger partial charge in [0.15, 0.2) is 0 Å². The number of aromatic nitrogens is 4. The Bertz CT molecular complexity index is 793. The monoisotopic (exact) mass is 374 g/mol. The molecule has 0 atom stereocenters. The largest absolute Gasteiger partial charge is 0.352 e. The first-order chi connectivity index (χ1) is 12.6. The number of hydrogen-bond donors (Lipinski definition) is 1. The van der Waals surface area contributed by atoms with E-state index in [2.05, 4.69) is 34.8 Å². The molecule has 7 nitrogen and oxygen atoms in total. The second-order valence-electron chi connectivity index (χ2n) is 6.94. The zero-order chi connectivity index (χ0) is 18.5. The summed E-state index contributed by atoms with van der Waals surface area (Å²) in [7, 11) is 1.87. The zero-order valence-corrected chi connectivity index (χ0v) is 16.2. The van der Waals surface area contributed by atoms with Gasteiger partial charge in [0.25, 0.3) is 0 Å². The van der Waals surface area contributed by atoms with Crippen LogP contribution in [0, 0.1) is 4.77 Å². The van der Waals surface area contributed by atoms with E-state index < -0.39 is 0 Å². The second kappa shape index (κ2) is 8.55. The maximum Gasteiger partial charge on any atom is 0.234 e. The van der Waals surface area contributed by atoms with Crippen molar-refractivity contribution in [2.45, 2.75) is 51.7 Å². The maximum absolute atomic E-state index is 11.9. The van der Waals surface area contributed by atoms with Gasteiger partial charge in [-0.05, 0) is 73.1 Å². The Balaban J connectivity index is 1.61. The van der Waals surface area contributed by atoms with Crippen LogP contribution in [0.1, 0.15) is 38.2 Å². The molecule has 1 amide bonds. The van der Waals surface area contributed by atoms with E-state index in [1.165, 1.54) is 18.4 Å². The molecule has 0 saturated heterocycles. The highest BCUT2D eigenvalue weighted by molar-refractivity contribution is 7.71. The number of likely N-dealkylation sites (N-methyl/N-ethyl adjacent to an activating group) is 1. The van der Waals surface area contributed by atoms with Crippen LogP contribution in [0.15, 0.2) is 24.3 Å². The summed E-state index contributed by atoms with van der Waals surface area (Å²) in [6, 6.07) is 8.64. The third kappa shape index (κ3) is 4.98. The van der Waals surface area contributed by atoms with Crippen LogP contribution in [-0.2, 0) is 17.9 Å². The summed E-state index contributed by atoms with van der Waals surface area (Å²) < 4.78 is 3.79. The SMILES string of the molecule is CCCCc1ccc(-n2nnn(CN(C)CC(=O)NC3CC3)c2=S)cc1. The molecule has 0 radical (unpaired) electrons. The summed E-state index contributed by atoms with van der Waals surface area (Å²) in [6.07, 6.45) is 5.64. The molecule has 8 heteroatoms. The van der Waals surface area contributed by atoms with Crippen molar-refractivity contribution >= 4 is 18.1 Å². The van der Waals surface area contributed by atoms with Crippen molar-refractivity contribution in [3.8, 4) is 5.69 Å². The lowest BCUT2D eigenvalue weighted by Gasteiger charge is -2.15. The van der Waals surface area contributed by atoms with E-state index in [9.17, 15) is 4.79 Å².